The number of ether oxygens (including phenoxy) is 1. The number of nitrogens with two attached hydrogens (primary N) is 1. The first-order valence-electron chi connectivity index (χ1n) is 16.7. The number of carbonyl (C=O) groups is 3. The molecule has 0 heterocycles. The molecule has 0 aliphatic rings. The average Bonchev–Trinajstić information content (AvgIpc) is 2.95. The maximum absolute atomic E-state index is 12.4. The van der Waals surface area contributed by atoms with E-state index in [2.05, 4.69) is 37.4 Å². The van der Waals surface area contributed by atoms with Crippen molar-refractivity contribution in [2.24, 2.45) is 5.73 Å². The molecule has 0 radical (unpaired) electrons. The summed E-state index contributed by atoms with van der Waals surface area (Å²) in [5, 5.41) is 11.8. The van der Waals surface area contributed by atoms with Crippen LogP contribution in [0.1, 0.15) is 155 Å². The Labute approximate surface area is 251 Å². The summed E-state index contributed by atoms with van der Waals surface area (Å²) in [6, 6.07) is -0.867. The molecule has 4 N–H and O–H groups in total. The number of rotatable bonds is 29. The summed E-state index contributed by atoms with van der Waals surface area (Å²) in [5.74, 6) is -1.36. The number of carbonyl (C=O) groups excluding carboxylic acids is 2. The van der Waals surface area contributed by atoms with Crippen LogP contribution in [0.5, 0.6) is 0 Å². The first kappa shape index (κ1) is 38.9. The molecule has 0 aliphatic heterocycles. The normalized spacial score (nSPS) is 13.0. The van der Waals surface area contributed by atoms with Crippen molar-refractivity contribution >= 4 is 17.8 Å². The second-order valence-electron chi connectivity index (χ2n) is 11.2. The number of aliphatic carboxylic acids is 1. The van der Waals surface area contributed by atoms with Gasteiger partial charge in [0, 0.05) is 12.8 Å². The van der Waals surface area contributed by atoms with E-state index in [1.54, 1.807) is 0 Å². The van der Waals surface area contributed by atoms with Crippen LogP contribution in [0, 0.1) is 0 Å². The van der Waals surface area contributed by atoms with Crippen molar-refractivity contribution in [1.82, 2.24) is 5.32 Å². The summed E-state index contributed by atoms with van der Waals surface area (Å²) in [5.41, 5.74) is 5.44. The number of allylic oxidation sites excluding steroid dienone is 3. The van der Waals surface area contributed by atoms with Crippen LogP contribution in [0.25, 0.3) is 0 Å². The van der Waals surface area contributed by atoms with Crippen molar-refractivity contribution < 1.29 is 24.2 Å². The van der Waals surface area contributed by atoms with Gasteiger partial charge in [0.25, 0.3) is 0 Å². The third-order valence-electron chi connectivity index (χ3n) is 7.20. The molecule has 2 atom stereocenters. The number of carboxylic acids is 1. The topological polar surface area (TPSA) is 119 Å². The Morgan fingerprint density at radius 2 is 1.32 bits per heavy atom. The number of esters is 1. The van der Waals surface area contributed by atoms with E-state index in [9.17, 15) is 19.5 Å². The van der Waals surface area contributed by atoms with Crippen LogP contribution in [-0.2, 0) is 19.1 Å². The lowest BCUT2D eigenvalue weighted by molar-refractivity contribution is -0.147. The SMILES string of the molecule is CCC/C=C\C(CCCCCCC(=O)NC(CCCN)C(=O)O)OC(=O)CCCCCCC/C=C\CCCCCC. The summed E-state index contributed by atoms with van der Waals surface area (Å²) >= 11 is 0. The van der Waals surface area contributed by atoms with Gasteiger partial charge < -0.3 is 20.9 Å². The highest BCUT2D eigenvalue weighted by Gasteiger charge is 2.18. The first-order chi connectivity index (χ1) is 19.9. The third-order valence-corrected chi connectivity index (χ3v) is 7.20. The lowest BCUT2D eigenvalue weighted by atomic mass is 10.1. The zero-order chi connectivity index (χ0) is 30.4. The van der Waals surface area contributed by atoms with Crippen molar-refractivity contribution in [1.29, 1.82) is 0 Å². The minimum absolute atomic E-state index is 0.110. The fourth-order valence-electron chi connectivity index (χ4n) is 4.65. The predicted octanol–water partition coefficient (Wildman–Crippen LogP) is 8.16. The van der Waals surface area contributed by atoms with E-state index in [4.69, 9.17) is 10.5 Å². The molecule has 0 fully saturated rings. The largest absolute Gasteiger partial charge is 0.480 e. The number of unbranched alkanes of at least 4 members (excludes halogenated alkanes) is 13. The predicted molar refractivity (Wildman–Crippen MR) is 170 cm³/mol. The molecule has 2 unspecified atom stereocenters. The van der Waals surface area contributed by atoms with Gasteiger partial charge in [0.1, 0.15) is 12.1 Å². The van der Waals surface area contributed by atoms with Crippen LogP contribution in [0.4, 0.5) is 0 Å². The number of carboxylic acid groups (broad SMARTS) is 1. The van der Waals surface area contributed by atoms with Crippen LogP contribution in [-0.4, -0.2) is 41.6 Å². The maximum atomic E-state index is 12.4. The molecule has 7 heteroatoms. The summed E-state index contributed by atoms with van der Waals surface area (Å²) < 4.78 is 5.78. The van der Waals surface area contributed by atoms with E-state index in [1.165, 1.54) is 51.4 Å². The van der Waals surface area contributed by atoms with Crippen LogP contribution in [0.2, 0.25) is 0 Å². The number of hydrogen-bond acceptors (Lipinski definition) is 5. The highest BCUT2D eigenvalue weighted by Crippen LogP contribution is 2.14. The van der Waals surface area contributed by atoms with Crippen molar-refractivity contribution in [3.8, 4) is 0 Å². The van der Waals surface area contributed by atoms with E-state index >= 15 is 0 Å². The van der Waals surface area contributed by atoms with Crippen molar-refractivity contribution in [2.75, 3.05) is 6.54 Å². The Morgan fingerprint density at radius 1 is 0.707 bits per heavy atom. The van der Waals surface area contributed by atoms with Crippen LogP contribution < -0.4 is 11.1 Å². The minimum Gasteiger partial charge on any atom is -0.480 e. The lowest BCUT2D eigenvalue weighted by Crippen LogP contribution is -2.40. The molecule has 0 rings (SSSR count). The molecule has 0 saturated heterocycles. The van der Waals surface area contributed by atoms with Gasteiger partial charge in [0.15, 0.2) is 0 Å². The number of nitrogens with one attached hydrogen (secondary N) is 1. The molecular formula is C34H62N2O5. The third kappa shape index (κ3) is 26.5. The minimum atomic E-state index is -1.02. The van der Waals surface area contributed by atoms with Gasteiger partial charge in [-0.15, -0.1) is 0 Å². The van der Waals surface area contributed by atoms with Gasteiger partial charge in [-0.05, 0) is 83.2 Å². The van der Waals surface area contributed by atoms with Crippen LogP contribution in [0.3, 0.4) is 0 Å². The summed E-state index contributed by atoms with van der Waals surface area (Å²) in [6.07, 6.45) is 29.8. The second kappa shape index (κ2) is 29.3. The summed E-state index contributed by atoms with van der Waals surface area (Å²) in [7, 11) is 0. The summed E-state index contributed by atoms with van der Waals surface area (Å²) in [4.78, 5) is 35.8. The summed E-state index contributed by atoms with van der Waals surface area (Å²) in [6.45, 7) is 4.78. The molecule has 1 amide bonds. The van der Waals surface area contributed by atoms with Crippen molar-refractivity contribution in [3.05, 3.63) is 24.3 Å². The number of hydrogen-bond donors (Lipinski definition) is 3. The fourth-order valence-corrected chi connectivity index (χ4v) is 4.65. The zero-order valence-electron chi connectivity index (χ0n) is 26.4. The van der Waals surface area contributed by atoms with Gasteiger partial charge in [-0.25, -0.2) is 4.79 Å². The molecule has 0 spiro atoms. The Bertz CT molecular complexity index is 707. The molecule has 0 aromatic heterocycles. The van der Waals surface area contributed by atoms with Gasteiger partial charge in [-0.2, -0.15) is 0 Å². The van der Waals surface area contributed by atoms with Gasteiger partial charge in [0.2, 0.25) is 5.91 Å². The second-order valence-corrected chi connectivity index (χ2v) is 11.2. The smallest absolute Gasteiger partial charge is 0.326 e. The Hall–Kier alpha value is -2.15. The Morgan fingerprint density at radius 3 is 1.95 bits per heavy atom. The van der Waals surface area contributed by atoms with E-state index in [0.717, 1.165) is 57.8 Å². The fraction of sp³-hybridized carbons (Fsp3) is 0.794. The standard InChI is InChI=1S/C34H62N2O5/c1-3-5-7-8-9-10-11-12-13-14-15-16-22-28-33(38)41-30(24-19-6-4-2)25-20-17-18-21-27-32(37)36-31(34(39)40)26-23-29-35/h10-11,19,24,30-31H,3-9,12-18,20-23,25-29,35H2,1-2H3,(H,36,37)(H,39,40)/b11-10-,24-19-. The molecule has 0 aromatic rings. The van der Waals surface area contributed by atoms with Gasteiger partial charge in [0.05, 0.1) is 0 Å². The number of amides is 1. The molecule has 238 valence electrons. The highest BCUT2D eigenvalue weighted by atomic mass is 16.5. The quantitative estimate of drug-likeness (QED) is 0.0468. The molecule has 7 nitrogen and oxygen atoms in total. The van der Waals surface area contributed by atoms with Crippen molar-refractivity contribution in [2.45, 2.75) is 167 Å². The molecule has 0 bridgehead atoms. The van der Waals surface area contributed by atoms with E-state index in [0.29, 0.717) is 38.6 Å². The molecule has 0 aliphatic carbocycles. The monoisotopic (exact) mass is 578 g/mol. The Kier molecular flexibility index (Phi) is 27.8. The van der Waals surface area contributed by atoms with Crippen LogP contribution in [0.15, 0.2) is 24.3 Å². The van der Waals surface area contributed by atoms with E-state index in [-0.39, 0.29) is 18.0 Å². The van der Waals surface area contributed by atoms with E-state index < -0.39 is 12.0 Å². The maximum Gasteiger partial charge on any atom is 0.326 e. The Balaban J connectivity index is 4.06. The molecule has 0 aromatic carbocycles. The lowest BCUT2D eigenvalue weighted by Gasteiger charge is -2.15. The highest BCUT2D eigenvalue weighted by molar-refractivity contribution is 5.83. The van der Waals surface area contributed by atoms with Crippen molar-refractivity contribution in [3.63, 3.8) is 0 Å². The first-order valence-corrected chi connectivity index (χ1v) is 16.7. The molecular weight excluding hydrogens is 516 g/mol. The molecule has 0 saturated carbocycles. The molecule has 41 heavy (non-hydrogen) atoms. The van der Waals surface area contributed by atoms with Crippen LogP contribution >= 0.6 is 0 Å². The zero-order valence-corrected chi connectivity index (χ0v) is 26.4. The van der Waals surface area contributed by atoms with Gasteiger partial charge >= 0.3 is 11.9 Å². The van der Waals surface area contributed by atoms with Gasteiger partial charge in [-0.3, -0.25) is 9.59 Å². The van der Waals surface area contributed by atoms with Gasteiger partial charge in [-0.1, -0.05) is 89.9 Å². The van der Waals surface area contributed by atoms with E-state index in [1.807, 2.05) is 6.08 Å². The average molecular weight is 579 g/mol.